The zero-order valence-electron chi connectivity index (χ0n) is 12.7. The second-order valence-corrected chi connectivity index (χ2v) is 5.83. The zero-order valence-corrected chi connectivity index (χ0v) is 13.5. The predicted octanol–water partition coefficient (Wildman–Crippen LogP) is 3.02. The number of hydrogen-bond acceptors (Lipinski definition) is 4. The molecule has 1 heterocycles. The summed E-state index contributed by atoms with van der Waals surface area (Å²) in [5.74, 6) is 0.307. The van der Waals surface area contributed by atoms with Crippen molar-refractivity contribution < 1.29 is 4.79 Å². The minimum atomic E-state index is 0.0114. The number of amides is 1. The highest BCUT2D eigenvalue weighted by molar-refractivity contribution is 7.99. The number of anilines is 1. The number of hydrogen-bond donors (Lipinski definition) is 0. The van der Waals surface area contributed by atoms with Crippen LogP contribution in [-0.2, 0) is 4.79 Å². The summed E-state index contributed by atoms with van der Waals surface area (Å²) < 4.78 is 1.70. The van der Waals surface area contributed by atoms with Gasteiger partial charge in [-0.15, -0.1) is 5.10 Å². The third-order valence-electron chi connectivity index (χ3n) is 3.33. The van der Waals surface area contributed by atoms with Crippen LogP contribution in [-0.4, -0.2) is 33.5 Å². The van der Waals surface area contributed by atoms with Crippen LogP contribution >= 0.6 is 11.8 Å². The summed E-state index contributed by atoms with van der Waals surface area (Å²) >= 11 is 1.33. The average Bonchev–Trinajstić information content (AvgIpc) is 3.09. The normalized spacial score (nSPS) is 10.5. The van der Waals surface area contributed by atoms with E-state index in [4.69, 9.17) is 0 Å². The molecule has 0 radical (unpaired) electrons. The van der Waals surface area contributed by atoms with Crippen LogP contribution in [0.25, 0.3) is 5.69 Å². The number of rotatable bonds is 5. The summed E-state index contributed by atoms with van der Waals surface area (Å²) in [7, 11) is 1.77. The van der Waals surface area contributed by atoms with Gasteiger partial charge in [0.1, 0.15) is 6.33 Å². The van der Waals surface area contributed by atoms with Crippen molar-refractivity contribution >= 4 is 23.4 Å². The van der Waals surface area contributed by atoms with Crippen LogP contribution in [0.1, 0.15) is 0 Å². The van der Waals surface area contributed by atoms with Crippen molar-refractivity contribution in [3.8, 4) is 5.69 Å². The van der Waals surface area contributed by atoms with Gasteiger partial charge in [0.15, 0.2) is 0 Å². The molecule has 1 aromatic heterocycles. The standard InChI is InChI=1S/C17H16N4OS/c1-20(14-8-4-2-5-9-14)16(22)12-23-17-18-13-21(19-17)15-10-6-3-7-11-15/h2-11,13H,12H2,1H3. The molecule has 5 nitrogen and oxygen atoms in total. The molecule has 0 bridgehead atoms. The van der Waals surface area contributed by atoms with E-state index >= 15 is 0 Å². The van der Waals surface area contributed by atoms with Crippen molar-refractivity contribution in [3.05, 3.63) is 67.0 Å². The lowest BCUT2D eigenvalue weighted by molar-refractivity contribution is -0.115. The second-order valence-electron chi connectivity index (χ2n) is 4.88. The predicted molar refractivity (Wildman–Crippen MR) is 91.9 cm³/mol. The van der Waals surface area contributed by atoms with Gasteiger partial charge >= 0.3 is 0 Å². The minimum absolute atomic E-state index is 0.0114. The molecule has 6 heteroatoms. The van der Waals surface area contributed by atoms with Gasteiger partial charge in [-0.2, -0.15) is 0 Å². The maximum Gasteiger partial charge on any atom is 0.237 e. The quantitative estimate of drug-likeness (QED) is 0.677. The van der Waals surface area contributed by atoms with Crippen molar-refractivity contribution in [1.29, 1.82) is 0 Å². The molecule has 1 amide bonds. The number of aromatic nitrogens is 3. The SMILES string of the molecule is CN(C(=O)CSc1ncn(-c2ccccc2)n1)c1ccccc1. The van der Waals surface area contributed by atoms with Gasteiger partial charge in [0.2, 0.25) is 11.1 Å². The first kappa shape index (κ1) is 15.3. The molecule has 2 aromatic carbocycles. The Morgan fingerprint density at radius 2 is 1.74 bits per heavy atom. The van der Waals surface area contributed by atoms with Gasteiger partial charge in [-0.25, -0.2) is 9.67 Å². The molecule has 3 rings (SSSR count). The van der Waals surface area contributed by atoms with Gasteiger partial charge in [-0.3, -0.25) is 4.79 Å². The Bertz CT molecular complexity index is 774. The largest absolute Gasteiger partial charge is 0.315 e. The molecular formula is C17H16N4OS. The van der Waals surface area contributed by atoms with E-state index in [1.807, 2.05) is 60.7 Å². The molecule has 0 fully saturated rings. The molecule has 0 atom stereocenters. The molecule has 0 aliphatic carbocycles. The number of carbonyl (C=O) groups is 1. The van der Waals surface area contributed by atoms with E-state index in [1.165, 1.54) is 11.8 Å². The van der Waals surface area contributed by atoms with Gasteiger partial charge in [0.25, 0.3) is 0 Å². The van der Waals surface area contributed by atoms with E-state index in [0.29, 0.717) is 10.9 Å². The van der Waals surface area contributed by atoms with Crippen LogP contribution in [0.15, 0.2) is 72.1 Å². The fourth-order valence-corrected chi connectivity index (χ4v) is 2.75. The summed E-state index contributed by atoms with van der Waals surface area (Å²) in [6.07, 6.45) is 1.66. The van der Waals surface area contributed by atoms with Crippen molar-refractivity contribution in [2.45, 2.75) is 5.16 Å². The van der Waals surface area contributed by atoms with Crippen molar-refractivity contribution in [1.82, 2.24) is 14.8 Å². The molecule has 0 aliphatic heterocycles. The lowest BCUT2D eigenvalue weighted by Gasteiger charge is -2.16. The number of carbonyl (C=O) groups excluding carboxylic acids is 1. The van der Waals surface area contributed by atoms with E-state index in [0.717, 1.165) is 11.4 Å². The number of thioether (sulfide) groups is 1. The third-order valence-corrected chi connectivity index (χ3v) is 4.17. The van der Waals surface area contributed by atoms with E-state index in [1.54, 1.807) is 23.0 Å². The molecule has 0 N–H and O–H groups in total. The molecule has 0 saturated heterocycles. The summed E-state index contributed by atoms with van der Waals surface area (Å²) in [5, 5.41) is 4.97. The van der Waals surface area contributed by atoms with Crippen molar-refractivity contribution in [3.63, 3.8) is 0 Å². The highest BCUT2D eigenvalue weighted by Crippen LogP contribution is 2.17. The first-order valence-corrected chi connectivity index (χ1v) is 8.14. The Balaban J connectivity index is 1.61. The Kier molecular flexibility index (Phi) is 4.73. The third kappa shape index (κ3) is 3.78. The molecule has 3 aromatic rings. The maximum atomic E-state index is 12.2. The minimum Gasteiger partial charge on any atom is -0.315 e. The first-order chi connectivity index (χ1) is 11.2. The smallest absolute Gasteiger partial charge is 0.237 e. The zero-order chi connectivity index (χ0) is 16.1. The van der Waals surface area contributed by atoms with E-state index in [9.17, 15) is 4.79 Å². The molecule has 0 aliphatic rings. The Labute approximate surface area is 139 Å². The summed E-state index contributed by atoms with van der Waals surface area (Å²) in [6.45, 7) is 0. The number of para-hydroxylation sites is 2. The number of nitrogens with zero attached hydrogens (tertiary/aromatic N) is 4. The van der Waals surface area contributed by atoms with Crippen LogP contribution in [0.5, 0.6) is 0 Å². The van der Waals surface area contributed by atoms with Gasteiger partial charge < -0.3 is 4.90 Å². The highest BCUT2D eigenvalue weighted by atomic mass is 32.2. The van der Waals surface area contributed by atoms with Gasteiger partial charge in [0.05, 0.1) is 11.4 Å². The summed E-state index contributed by atoms with van der Waals surface area (Å²) in [6, 6.07) is 19.3. The van der Waals surface area contributed by atoms with Crippen LogP contribution < -0.4 is 4.90 Å². The van der Waals surface area contributed by atoms with Gasteiger partial charge in [-0.1, -0.05) is 48.2 Å². The first-order valence-electron chi connectivity index (χ1n) is 7.15. The van der Waals surface area contributed by atoms with Crippen LogP contribution in [0.4, 0.5) is 5.69 Å². The average molecular weight is 324 g/mol. The number of benzene rings is 2. The Morgan fingerprint density at radius 3 is 2.43 bits per heavy atom. The Hall–Kier alpha value is -2.60. The molecule has 0 saturated carbocycles. The second kappa shape index (κ2) is 7.11. The fraction of sp³-hybridized carbons (Fsp3) is 0.118. The molecule has 23 heavy (non-hydrogen) atoms. The fourth-order valence-electron chi connectivity index (χ4n) is 2.04. The topological polar surface area (TPSA) is 51.0 Å². The molecule has 0 unspecified atom stereocenters. The van der Waals surface area contributed by atoms with Crippen molar-refractivity contribution in [2.24, 2.45) is 0 Å². The van der Waals surface area contributed by atoms with Gasteiger partial charge in [0, 0.05) is 12.7 Å². The van der Waals surface area contributed by atoms with E-state index in [2.05, 4.69) is 10.1 Å². The summed E-state index contributed by atoms with van der Waals surface area (Å²) in [4.78, 5) is 18.1. The lowest BCUT2D eigenvalue weighted by atomic mass is 10.3. The monoisotopic (exact) mass is 324 g/mol. The maximum absolute atomic E-state index is 12.2. The van der Waals surface area contributed by atoms with Gasteiger partial charge in [-0.05, 0) is 24.3 Å². The van der Waals surface area contributed by atoms with E-state index in [-0.39, 0.29) is 5.91 Å². The Morgan fingerprint density at radius 1 is 1.09 bits per heavy atom. The van der Waals surface area contributed by atoms with Crippen LogP contribution in [0, 0.1) is 0 Å². The van der Waals surface area contributed by atoms with Crippen LogP contribution in [0.2, 0.25) is 0 Å². The summed E-state index contributed by atoms with van der Waals surface area (Å²) in [5.41, 5.74) is 1.82. The lowest BCUT2D eigenvalue weighted by Crippen LogP contribution is -2.27. The van der Waals surface area contributed by atoms with E-state index < -0.39 is 0 Å². The highest BCUT2D eigenvalue weighted by Gasteiger charge is 2.12. The van der Waals surface area contributed by atoms with Crippen molar-refractivity contribution in [2.75, 3.05) is 17.7 Å². The molecule has 116 valence electrons. The van der Waals surface area contributed by atoms with Crippen LogP contribution in [0.3, 0.4) is 0 Å². The molecule has 0 spiro atoms. The molecular weight excluding hydrogens is 308 g/mol.